The molecule has 0 unspecified atom stereocenters. The lowest BCUT2D eigenvalue weighted by Crippen LogP contribution is -2.25. The lowest BCUT2D eigenvalue weighted by Gasteiger charge is -2.17. The van der Waals surface area contributed by atoms with Crippen LogP contribution in [0.2, 0.25) is 0 Å². The number of fused-ring (bicyclic) bond motifs is 1. The van der Waals surface area contributed by atoms with Crippen LogP contribution in [0.1, 0.15) is 29.2 Å². The van der Waals surface area contributed by atoms with E-state index in [1.807, 2.05) is 42.6 Å². The monoisotopic (exact) mass is 371 g/mol. The maximum absolute atomic E-state index is 12.7. The van der Waals surface area contributed by atoms with Crippen LogP contribution < -0.4 is 5.32 Å². The Labute approximate surface area is 163 Å². The highest BCUT2D eigenvalue weighted by atomic mass is 16.3. The van der Waals surface area contributed by atoms with E-state index < -0.39 is 0 Å². The Morgan fingerprint density at radius 2 is 1.61 bits per heavy atom. The molecule has 1 amide bonds. The summed E-state index contributed by atoms with van der Waals surface area (Å²) < 4.78 is 1.74. The van der Waals surface area contributed by atoms with E-state index in [1.54, 1.807) is 22.7 Å². The summed E-state index contributed by atoms with van der Waals surface area (Å²) in [6, 6.07) is 23.5. The van der Waals surface area contributed by atoms with Crippen LogP contribution in [0.3, 0.4) is 0 Å². The van der Waals surface area contributed by atoms with Crippen molar-refractivity contribution in [3.05, 3.63) is 102 Å². The van der Waals surface area contributed by atoms with E-state index in [-0.39, 0.29) is 17.6 Å². The van der Waals surface area contributed by atoms with Gasteiger partial charge in [0, 0.05) is 24.7 Å². The van der Waals surface area contributed by atoms with Crippen LogP contribution in [0.25, 0.3) is 5.65 Å². The van der Waals surface area contributed by atoms with E-state index in [0.29, 0.717) is 24.3 Å². The molecule has 28 heavy (non-hydrogen) atoms. The van der Waals surface area contributed by atoms with Crippen LogP contribution in [0, 0.1) is 0 Å². The second-order valence-corrected chi connectivity index (χ2v) is 6.71. The molecule has 2 aromatic heterocycles. The van der Waals surface area contributed by atoms with Crippen LogP contribution in [0.4, 0.5) is 0 Å². The fourth-order valence-corrected chi connectivity index (χ4v) is 3.38. The van der Waals surface area contributed by atoms with E-state index in [9.17, 15) is 9.90 Å². The predicted molar refractivity (Wildman–Crippen MR) is 108 cm³/mol. The van der Waals surface area contributed by atoms with Crippen molar-refractivity contribution in [1.82, 2.24) is 14.7 Å². The number of amides is 1. The van der Waals surface area contributed by atoms with Gasteiger partial charge in [-0.25, -0.2) is 4.98 Å². The second-order valence-electron chi connectivity index (χ2n) is 6.71. The first kappa shape index (κ1) is 17.8. The van der Waals surface area contributed by atoms with Gasteiger partial charge in [-0.05, 0) is 23.3 Å². The Balaban J connectivity index is 1.47. The number of hydrogen-bond donors (Lipinski definition) is 2. The summed E-state index contributed by atoms with van der Waals surface area (Å²) in [7, 11) is 0. The average Bonchev–Trinajstić information content (AvgIpc) is 3.16. The summed E-state index contributed by atoms with van der Waals surface area (Å²) in [5, 5.41) is 12.8. The third-order valence-corrected chi connectivity index (χ3v) is 4.77. The molecule has 5 nitrogen and oxygen atoms in total. The number of aromatic nitrogens is 2. The molecule has 4 rings (SSSR count). The fraction of sp³-hybridized carbons (Fsp3) is 0.130. The Kier molecular flexibility index (Phi) is 5.06. The molecule has 0 atom stereocenters. The summed E-state index contributed by atoms with van der Waals surface area (Å²) in [6.07, 6.45) is 3.97. The molecule has 5 heteroatoms. The van der Waals surface area contributed by atoms with Crippen molar-refractivity contribution in [2.24, 2.45) is 0 Å². The van der Waals surface area contributed by atoms with Crippen LogP contribution in [-0.4, -0.2) is 20.4 Å². The number of hydrogen-bond acceptors (Lipinski definition) is 3. The first-order valence-electron chi connectivity index (χ1n) is 9.23. The molecule has 2 heterocycles. The number of carbonyl (C=O) groups is 1. The van der Waals surface area contributed by atoms with E-state index in [0.717, 1.165) is 11.1 Å². The van der Waals surface area contributed by atoms with Gasteiger partial charge >= 0.3 is 0 Å². The number of benzene rings is 2. The number of carbonyl (C=O) groups excluding carboxylic acids is 1. The Morgan fingerprint density at radius 3 is 2.21 bits per heavy atom. The second kappa shape index (κ2) is 7.96. The van der Waals surface area contributed by atoms with Crippen LogP contribution in [0.15, 0.2) is 85.2 Å². The zero-order valence-electron chi connectivity index (χ0n) is 15.3. The number of pyridine rings is 1. The molecule has 4 aromatic rings. The predicted octanol–water partition coefficient (Wildman–Crippen LogP) is 3.88. The summed E-state index contributed by atoms with van der Waals surface area (Å²) in [5.74, 6) is 0.0693. The number of nitrogens with zero attached hydrogens (tertiary/aromatic N) is 2. The zero-order valence-corrected chi connectivity index (χ0v) is 15.3. The third-order valence-electron chi connectivity index (χ3n) is 4.77. The highest BCUT2D eigenvalue weighted by Crippen LogP contribution is 2.27. The minimum atomic E-state index is -0.0426. The summed E-state index contributed by atoms with van der Waals surface area (Å²) in [5.41, 5.74) is 3.41. The van der Waals surface area contributed by atoms with Gasteiger partial charge in [0.05, 0.1) is 12.2 Å². The van der Waals surface area contributed by atoms with Crippen molar-refractivity contribution in [3.8, 4) is 5.75 Å². The number of imidazole rings is 1. The van der Waals surface area contributed by atoms with E-state index in [2.05, 4.69) is 34.6 Å². The Bertz CT molecular complexity index is 1040. The van der Waals surface area contributed by atoms with Crippen LogP contribution >= 0.6 is 0 Å². The number of nitrogens with one attached hydrogen (secondary N) is 1. The molecule has 0 radical (unpaired) electrons. The summed E-state index contributed by atoms with van der Waals surface area (Å²) >= 11 is 0. The van der Waals surface area contributed by atoms with Gasteiger partial charge in [0.25, 0.3) is 0 Å². The lowest BCUT2D eigenvalue weighted by molar-refractivity contribution is -0.121. The molecule has 0 fully saturated rings. The highest BCUT2D eigenvalue weighted by Gasteiger charge is 2.18. The minimum absolute atomic E-state index is 0.00693. The molecule has 2 N–H and O–H groups in total. The Morgan fingerprint density at radius 1 is 0.964 bits per heavy atom. The lowest BCUT2D eigenvalue weighted by atomic mass is 9.88. The Hall–Kier alpha value is -3.60. The standard InChI is InChI=1S/C23H21N3O2/c27-21-12-7-13-26-16-19(25-23(21)26)15-24-22(28)14-20(17-8-3-1-4-9-17)18-10-5-2-6-11-18/h1-13,16,20,27H,14-15H2,(H,24,28). The maximum atomic E-state index is 12.7. The molecule has 0 bridgehead atoms. The van der Waals surface area contributed by atoms with Gasteiger partial charge in [-0.15, -0.1) is 0 Å². The van der Waals surface area contributed by atoms with Crippen molar-refractivity contribution < 1.29 is 9.90 Å². The molecular weight excluding hydrogens is 350 g/mol. The van der Waals surface area contributed by atoms with E-state index >= 15 is 0 Å². The fourth-order valence-electron chi connectivity index (χ4n) is 3.38. The van der Waals surface area contributed by atoms with Gasteiger partial charge in [0.1, 0.15) is 0 Å². The van der Waals surface area contributed by atoms with Gasteiger partial charge in [0.15, 0.2) is 11.4 Å². The minimum Gasteiger partial charge on any atom is -0.504 e. The first-order chi connectivity index (χ1) is 13.7. The van der Waals surface area contributed by atoms with Crippen molar-refractivity contribution >= 4 is 11.6 Å². The van der Waals surface area contributed by atoms with Gasteiger partial charge in [0.2, 0.25) is 5.91 Å². The van der Waals surface area contributed by atoms with Gasteiger partial charge < -0.3 is 14.8 Å². The van der Waals surface area contributed by atoms with Crippen LogP contribution in [-0.2, 0) is 11.3 Å². The average molecular weight is 371 g/mol. The van der Waals surface area contributed by atoms with Gasteiger partial charge in [-0.1, -0.05) is 60.7 Å². The number of aromatic hydroxyl groups is 1. The molecule has 0 aliphatic rings. The zero-order chi connectivity index (χ0) is 19.3. The van der Waals surface area contributed by atoms with E-state index in [4.69, 9.17) is 0 Å². The molecule has 0 saturated heterocycles. The van der Waals surface area contributed by atoms with Gasteiger partial charge in [-0.2, -0.15) is 0 Å². The van der Waals surface area contributed by atoms with Crippen molar-refractivity contribution in [2.45, 2.75) is 18.9 Å². The highest BCUT2D eigenvalue weighted by molar-refractivity contribution is 5.77. The largest absolute Gasteiger partial charge is 0.504 e. The normalized spacial score (nSPS) is 11.0. The third kappa shape index (κ3) is 3.88. The quantitative estimate of drug-likeness (QED) is 0.541. The number of rotatable bonds is 6. The van der Waals surface area contributed by atoms with E-state index in [1.165, 1.54) is 0 Å². The molecule has 0 saturated carbocycles. The first-order valence-corrected chi connectivity index (χ1v) is 9.23. The SMILES string of the molecule is O=C(CC(c1ccccc1)c1ccccc1)NCc1cn2cccc(O)c2n1. The van der Waals surface area contributed by atoms with Crippen molar-refractivity contribution in [2.75, 3.05) is 0 Å². The summed E-state index contributed by atoms with van der Waals surface area (Å²) in [6.45, 7) is 0.316. The molecule has 0 spiro atoms. The molecule has 2 aromatic carbocycles. The molecule has 0 aliphatic carbocycles. The summed E-state index contributed by atoms with van der Waals surface area (Å²) in [4.78, 5) is 17.0. The molecule has 0 aliphatic heterocycles. The van der Waals surface area contributed by atoms with Crippen molar-refractivity contribution in [1.29, 1.82) is 0 Å². The van der Waals surface area contributed by atoms with Crippen molar-refractivity contribution in [3.63, 3.8) is 0 Å². The molecular formula is C23H21N3O2. The maximum Gasteiger partial charge on any atom is 0.221 e. The van der Waals surface area contributed by atoms with Gasteiger partial charge in [-0.3, -0.25) is 4.79 Å². The van der Waals surface area contributed by atoms with Crippen LogP contribution in [0.5, 0.6) is 5.75 Å². The molecule has 140 valence electrons. The smallest absolute Gasteiger partial charge is 0.221 e. The topological polar surface area (TPSA) is 66.6 Å².